The lowest BCUT2D eigenvalue weighted by atomic mass is 10.1. The third-order valence-electron chi connectivity index (χ3n) is 4.62. The number of nitrogens with one attached hydrogen (secondary N) is 1. The summed E-state index contributed by atoms with van der Waals surface area (Å²) in [6, 6.07) is 10.6. The molecule has 1 aliphatic rings. The summed E-state index contributed by atoms with van der Waals surface area (Å²) in [7, 11) is 0. The SMILES string of the molecule is NCCCN(Cc1cc(NC(=O)c2cccc(F)c2)ccc1Cl)C(=O)C1CC1. The molecule has 3 rings (SSSR count). The molecule has 28 heavy (non-hydrogen) atoms. The van der Waals surface area contributed by atoms with E-state index in [0.717, 1.165) is 18.4 Å². The Hall–Kier alpha value is -2.44. The number of anilines is 1. The predicted molar refractivity (Wildman–Crippen MR) is 108 cm³/mol. The molecular weight excluding hydrogens is 381 g/mol. The van der Waals surface area contributed by atoms with Crippen molar-refractivity contribution in [1.29, 1.82) is 0 Å². The van der Waals surface area contributed by atoms with Crippen LogP contribution in [0.1, 0.15) is 35.2 Å². The third-order valence-corrected chi connectivity index (χ3v) is 4.99. The number of nitrogens with two attached hydrogens (primary N) is 1. The van der Waals surface area contributed by atoms with Crippen LogP contribution < -0.4 is 11.1 Å². The van der Waals surface area contributed by atoms with E-state index in [1.54, 1.807) is 23.1 Å². The third kappa shape index (κ3) is 5.30. The van der Waals surface area contributed by atoms with Gasteiger partial charge >= 0.3 is 0 Å². The highest BCUT2D eigenvalue weighted by Gasteiger charge is 2.33. The number of hydrogen-bond donors (Lipinski definition) is 2. The fourth-order valence-electron chi connectivity index (χ4n) is 2.95. The second-order valence-corrected chi connectivity index (χ2v) is 7.35. The van der Waals surface area contributed by atoms with Gasteiger partial charge in [-0.2, -0.15) is 0 Å². The molecule has 2 aromatic carbocycles. The fourth-order valence-corrected chi connectivity index (χ4v) is 3.13. The Kier molecular flexibility index (Phi) is 6.65. The second-order valence-electron chi connectivity index (χ2n) is 6.95. The first-order valence-electron chi connectivity index (χ1n) is 9.32. The highest BCUT2D eigenvalue weighted by molar-refractivity contribution is 6.31. The van der Waals surface area contributed by atoms with Crippen LogP contribution in [0.5, 0.6) is 0 Å². The topological polar surface area (TPSA) is 75.4 Å². The summed E-state index contributed by atoms with van der Waals surface area (Å²) >= 11 is 6.32. The van der Waals surface area contributed by atoms with Crippen LogP contribution in [0.3, 0.4) is 0 Å². The molecule has 2 amide bonds. The maximum atomic E-state index is 13.3. The average molecular weight is 404 g/mol. The van der Waals surface area contributed by atoms with Crippen molar-refractivity contribution >= 4 is 29.1 Å². The van der Waals surface area contributed by atoms with E-state index in [-0.39, 0.29) is 17.4 Å². The molecule has 1 saturated carbocycles. The summed E-state index contributed by atoms with van der Waals surface area (Å²) in [4.78, 5) is 26.7. The molecule has 1 fully saturated rings. The smallest absolute Gasteiger partial charge is 0.255 e. The molecule has 1 aliphatic carbocycles. The van der Waals surface area contributed by atoms with Crippen LogP contribution in [0.25, 0.3) is 0 Å². The zero-order chi connectivity index (χ0) is 20.1. The molecule has 0 aliphatic heterocycles. The number of benzene rings is 2. The van der Waals surface area contributed by atoms with Gasteiger partial charge in [0.2, 0.25) is 5.91 Å². The van der Waals surface area contributed by atoms with E-state index in [2.05, 4.69) is 5.32 Å². The molecule has 5 nitrogen and oxygen atoms in total. The largest absolute Gasteiger partial charge is 0.338 e. The number of halogens is 2. The minimum Gasteiger partial charge on any atom is -0.338 e. The Morgan fingerprint density at radius 2 is 2.00 bits per heavy atom. The van der Waals surface area contributed by atoms with Crippen LogP contribution in [-0.2, 0) is 11.3 Å². The molecular formula is C21H23ClFN3O2. The first-order chi connectivity index (χ1) is 13.5. The summed E-state index contributed by atoms with van der Waals surface area (Å²) in [5, 5.41) is 3.26. The fraction of sp³-hybridized carbons (Fsp3) is 0.333. The average Bonchev–Trinajstić information content (AvgIpc) is 3.52. The van der Waals surface area contributed by atoms with Gasteiger partial charge in [0.05, 0.1) is 0 Å². The van der Waals surface area contributed by atoms with Crippen LogP contribution in [0, 0.1) is 11.7 Å². The van der Waals surface area contributed by atoms with E-state index in [9.17, 15) is 14.0 Å². The molecule has 0 bridgehead atoms. The van der Waals surface area contributed by atoms with Crippen LogP contribution in [0.4, 0.5) is 10.1 Å². The molecule has 0 spiro atoms. The van der Waals surface area contributed by atoms with E-state index < -0.39 is 11.7 Å². The van der Waals surface area contributed by atoms with E-state index in [1.165, 1.54) is 24.3 Å². The number of carbonyl (C=O) groups excluding carboxylic acids is 2. The maximum absolute atomic E-state index is 13.3. The van der Waals surface area contributed by atoms with E-state index in [4.69, 9.17) is 17.3 Å². The first kappa shape index (κ1) is 20.3. The summed E-state index contributed by atoms with van der Waals surface area (Å²) < 4.78 is 13.3. The molecule has 0 radical (unpaired) electrons. The monoisotopic (exact) mass is 403 g/mol. The Balaban J connectivity index is 1.74. The zero-order valence-electron chi connectivity index (χ0n) is 15.5. The van der Waals surface area contributed by atoms with Gasteiger partial charge in [-0.15, -0.1) is 0 Å². The lowest BCUT2D eigenvalue weighted by Gasteiger charge is -2.23. The molecule has 0 unspecified atom stereocenters. The Morgan fingerprint density at radius 3 is 2.68 bits per heavy atom. The quantitative estimate of drug-likeness (QED) is 0.703. The Bertz CT molecular complexity index is 870. The lowest BCUT2D eigenvalue weighted by Crippen LogP contribution is -2.33. The van der Waals surface area contributed by atoms with Crippen molar-refractivity contribution in [2.75, 3.05) is 18.4 Å². The highest BCUT2D eigenvalue weighted by Crippen LogP contribution is 2.32. The molecule has 0 heterocycles. The van der Waals surface area contributed by atoms with Crippen LogP contribution in [-0.4, -0.2) is 29.8 Å². The second kappa shape index (κ2) is 9.17. The Labute approximate surface area is 168 Å². The normalized spacial score (nSPS) is 13.2. The van der Waals surface area contributed by atoms with Crippen molar-refractivity contribution in [2.24, 2.45) is 11.7 Å². The molecule has 3 N–H and O–H groups in total. The number of amides is 2. The highest BCUT2D eigenvalue weighted by atomic mass is 35.5. The zero-order valence-corrected chi connectivity index (χ0v) is 16.2. The van der Waals surface area contributed by atoms with Gasteiger partial charge in [0, 0.05) is 35.3 Å². The molecule has 0 atom stereocenters. The lowest BCUT2D eigenvalue weighted by molar-refractivity contribution is -0.133. The van der Waals surface area contributed by atoms with Crippen molar-refractivity contribution in [1.82, 2.24) is 4.90 Å². The number of nitrogens with zero attached hydrogens (tertiary/aromatic N) is 1. The predicted octanol–water partition coefficient (Wildman–Crippen LogP) is 3.82. The van der Waals surface area contributed by atoms with Crippen molar-refractivity contribution in [2.45, 2.75) is 25.8 Å². The maximum Gasteiger partial charge on any atom is 0.255 e. The first-order valence-corrected chi connectivity index (χ1v) is 9.70. The molecule has 2 aromatic rings. The standard InChI is InChI=1S/C21H23ClFN3O2/c22-19-8-7-18(25-20(27)15-3-1-4-17(23)11-15)12-16(19)13-26(10-2-9-24)21(28)14-5-6-14/h1,3-4,7-8,11-12,14H,2,5-6,9-10,13,24H2,(H,25,27). The van der Waals surface area contributed by atoms with Gasteiger partial charge in [0.15, 0.2) is 0 Å². The van der Waals surface area contributed by atoms with Crippen molar-refractivity contribution in [3.63, 3.8) is 0 Å². The van der Waals surface area contributed by atoms with Crippen molar-refractivity contribution < 1.29 is 14.0 Å². The summed E-state index contributed by atoms with van der Waals surface area (Å²) in [6.45, 7) is 1.44. The van der Waals surface area contributed by atoms with Gasteiger partial charge in [0.25, 0.3) is 5.91 Å². The van der Waals surface area contributed by atoms with Gasteiger partial charge in [-0.25, -0.2) is 4.39 Å². The number of hydrogen-bond acceptors (Lipinski definition) is 3. The number of rotatable bonds is 8. The van der Waals surface area contributed by atoms with Gasteiger partial charge < -0.3 is 16.0 Å². The van der Waals surface area contributed by atoms with Crippen LogP contribution in [0.15, 0.2) is 42.5 Å². The van der Waals surface area contributed by atoms with Crippen LogP contribution in [0.2, 0.25) is 5.02 Å². The van der Waals surface area contributed by atoms with Gasteiger partial charge in [0.1, 0.15) is 5.82 Å². The van der Waals surface area contributed by atoms with E-state index >= 15 is 0 Å². The van der Waals surface area contributed by atoms with Gasteiger partial charge in [-0.3, -0.25) is 9.59 Å². The molecule has 148 valence electrons. The van der Waals surface area contributed by atoms with Gasteiger partial charge in [-0.05, 0) is 67.8 Å². The Morgan fingerprint density at radius 1 is 1.21 bits per heavy atom. The van der Waals surface area contributed by atoms with Crippen molar-refractivity contribution in [3.05, 3.63) is 64.4 Å². The van der Waals surface area contributed by atoms with Gasteiger partial charge in [-0.1, -0.05) is 17.7 Å². The summed E-state index contributed by atoms with van der Waals surface area (Å²) in [5.74, 6) is -0.661. The van der Waals surface area contributed by atoms with Crippen molar-refractivity contribution in [3.8, 4) is 0 Å². The van der Waals surface area contributed by atoms with Crippen LogP contribution >= 0.6 is 11.6 Å². The summed E-state index contributed by atoms with van der Waals surface area (Å²) in [6.07, 6.45) is 2.57. The molecule has 0 saturated heterocycles. The molecule has 7 heteroatoms. The van der Waals surface area contributed by atoms with E-state index in [1.807, 2.05) is 0 Å². The molecule has 0 aromatic heterocycles. The van der Waals surface area contributed by atoms with E-state index in [0.29, 0.717) is 36.8 Å². The number of carbonyl (C=O) groups is 2. The minimum absolute atomic E-state index is 0.104. The summed E-state index contributed by atoms with van der Waals surface area (Å²) in [5.41, 5.74) is 7.10. The minimum atomic E-state index is -0.474.